The van der Waals surface area contributed by atoms with Crippen molar-refractivity contribution in [2.75, 3.05) is 12.4 Å². The van der Waals surface area contributed by atoms with Crippen LogP contribution in [0, 0.1) is 19.8 Å². The number of nitrogens with zero attached hydrogens (tertiary/aromatic N) is 2. The Balaban J connectivity index is 1.82. The van der Waals surface area contributed by atoms with Crippen LogP contribution in [-0.2, 0) is 9.59 Å². The summed E-state index contributed by atoms with van der Waals surface area (Å²) in [7, 11) is 1.76. The molecule has 0 saturated carbocycles. The van der Waals surface area contributed by atoms with Crippen molar-refractivity contribution >= 4 is 39.6 Å². The Hall–Kier alpha value is -1.73. The minimum atomic E-state index is -0.374. The Morgan fingerprint density at radius 3 is 2.82 bits per heavy atom. The second-order valence-electron chi connectivity index (χ2n) is 5.43. The van der Waals surface area contributed by atoms with Gasteiger partial charge in [-0.25, -0.2) is 4.98 Å². The normalized spacial score (nSPS) is 21.4. The summed E-state index contributed by atoms with van der Waals surface area (Å²) in [5, 5.41) is 5.44. The molecule has 0 aromatic carbocycles. The van der Waals surface area contributed by atoms with Gasteiger partial charge in [-0.2, -0.15) is 0 Å². The Kier molecular flexibility index (Phi) is 4.01. The standard InChI is InChI=1S/C15H17N3O2S2/c1-8-9(2)22-15(16-8)17-14(20)10-7-12(19)18(3)13(10)11-5-4-6-21-11/h4-6,10,13H,7H2,1-3H3,(H,16,17,20)/t10-,13+/m0/s1. The van der Waals surface area contributed by atoms with Crippen molar-refractivity contribution in [2.24, 2.45) is 5.92 Å². The summed E-state index contributed by atoms with van der Waals surface area (Å²) in [5.74, 6) is -0.504. The first-order chi connectivity index (χ1) is 10.5. The van der Waals surface area contributed by atoms with Crippen molar-refractivity contribution < 1.29 is 9.59 Å². The first kappa shape index (κ1) is 15.2. The molecule has 2 aromatic rings. The molecule has 1 aliphatic heterocycles. The van der Waals surface area contributed by atoms with E-state index in [0.717, 1.165) is 15.4 Å². The zero-order valence-electron chi connectivity index (χ0n) is 12.6. The average molecular weight is 335 g/mol. The van der Waals surface area contributed by atoms with Gasteiger partial charge in [0.15, 0.2) is 5.13 Å². The summed E-state index contributed by atoms with van der Waals surface area (Å²) in [5.41, 5.74) is 0.926. The zero-order valence-corrected chi connectivity index (χ0v) is 14.3. The number of rotatable bonds is 3. The van der Waals surface area contributed by atoms with Crippen LogP contribution in [0.15, 0.2) is 17.5 Å². The number of aromatic nitrogens is 1. The van der Waals surface area contributed by atoms with E-state index in [4.69, 9.17) is 0 Å². The fourth-order valence-electron chi connectivity index (χ4n) is 2.68. The molecular formula is C15H17N3O2S2. The maximum atomic E-state index is 12.6. The first-order valence-corrected chi connectivity index (χ1v) is 8.71. The van der Waals surface area contributed by atoms with E-state index in [1.165, 1.54) is 11.3 Å². The third kappa shape index (κ3) is 2.66. The Bertz CT molecular complexity index is 689. The lowest BCUT2D eigenvalue weighted by atomic mass is 9.98. The van der Waals surface area contributed by atoms with Gasteiger partial charge in [-0.1, -0.05) is 6.07 Å². The molecule has 22 heavy (non-hydrogen) atoms. The van der Waals surface area contributed by atoms with Gasteiger partial charge in [0.25, 0.3) is 0 Å². The summed E-state index contributed by atoms with van der Waals surface area (Å²) in [6.07, 6.45) is 0.244. The number of carbonyl (C=O) groups is 2. The summed E-state index contributed by atoms with van der Waals surface area (Å²) in [6.45, 7) is 3.90. The third-order valence-electron chi connectivity index (χ3n) is 4.02. The SMILES string of the molecule is Cc1nc(NC(=O)[C@H]2CC(=O)N(C)[C@H]2c2cccs2)sc1C. The molecule has 1 saturated heterocycles. The van der Waals surface area contributed by atoms with E-state index in [-0.39, 0.29) is 30.2 Å². The van der Waals surface area contributed by atoms with Crippen molar-refractivity contribution in [3.63, 3.8) is 0 Å². The van der Waals surface area contributed by atoms with Gasteiger partial charge in [-0.3, -0.25) is 9.59 Å². The molecule has 3 heterocycles. The van der Waals surface area contributed by atoms with Crippen molar-refractivity contribution in [3.05, 3.63) is 33.0 Å². The van der Waals surface area contributed by atoms with Gasteiger partial charge in [-0.05, 0) is 25.3 Å². The van der Waals surface area contributed by atoms with Gasteiger partial charge < -0.3 is 10.2 Å². The predicted octanol–water partition coefficient (Wildman–Crippen LogP) is 2.98. The highest BCUT2D eigenvalue weighted by molar-refractivity contribution is 7.15. The highest BCUT2D eigenvalue weighted by atomic mass is 32.1. The van der Waals surface area contributed by atoms with Crippen LogP contribution in [0.25, 0.3) is 0 Å². The first-order valence-electron chi connectivity index (χ1n) is 7.01. The van der Waals surface area contributed by atoms with Crippen LogP contribution in [0.3, 0.4) is 0 Å². The summed E-state index contributed by atoms with van der Waals surface area (Å²) >= 11 is 3.04. The zero-order chi connectivity index (χ0) is 15.9. The van der Waals surface area contributed by atoms with E-state index in [0.29, 0.717) is 5.13 Å². The summed E-state index contributed by atoms with van der Waals surface area (Å²) in [6, 6.07) is 3.73. The van der Waals surface area contributed by atoms with Crippen molar-refractivity contribution in [3.8, 4) is 0 Å². The minimum absolute atomic E-state index is 0.00468. The number of anilines is 1. The summed E-state index contributed by atoms with van der Waals surface area (Å²) in [4.78, 5) is 32.8. The number of likely N-dealkylation sites (tertiary alicyclic amines) is 1. The highest BCUT2D eigenvalue weighted by Gasteiger charge is 2.43. The Morgan fingerprint density at radius 2 is 2.23 bits per heavy atom. The second-order valence-corrected chi connectivity index (χ2v) is 7.61. The molecule has 116 valence electrons. The molecule has 0 spiro atoms. The smallest absolute Gasteiger partial charge is 0.232 e. The molecule has 0 radical (unpaired) electrons. The molecule has 5 nitrogen and oxygen atoms in total. The number of amides is 2. The summed E-state index contributed by atoms with van der Waals surface area (Å²) < 4.78 is 0. The van der Waals surface area contributed by atoms with Gasteiger partial charge in [-0.15, -0.1) is 22.7 Å². The fourth-order valence-corrected chi connectivity index (χ4v) is 4.43. The lowest BCUT2D eigenvalue weighted by Crippen LogP contribution is -2.29. The number of hydrogen-bond acceptors (Lipinski definition) is 5. The van der Waals surface area contributed by atoms with Gasteiger partial charge in [0, 0.05) is 23.2 Å². The number of thiazole rings is 1. The third-order valence-corrected chi connectivity index (χ3v) is 5.95. The highest BCUT2D eigenvalue weighted by Crippen LogP contribution is 2.39. The molecule has 7 heteroatoms. The monoisotopic (exact) mass is 335 g/mol. The van der Waals surface area contributed by atoms with Crippen LogP contribution < -0.4 is 5.32 Å². The van der Waals surface area contributed by atoms with Crippen LogP contribution in [0.2, 0.25) is 0 Å². The quantitative estimate of drug-likeness (QED) is 0.938. The maximum Gasteiger partial charge on any atom is 0.232 e. The van der Waals surface area contributed by atoms with Crippen molar-refractivity contribution in [1.82, 2.24) is 9.88 Å². The molecule has 2 amide bonds. The second kappa shape index (κ2) is 5.81. The van der Waals surface area contributed by atoms with Crippen LogP contribution in [0.4, 0.5) is 5.13 Å². The van der Waals surface area contributed by atoms with E-state index in [2.05, 4.69) is 10.3 Å². The lowest BCUT2D eigenvalue weighted by Gasteiger charge is -2.23. The van der Waals surface area contributed by atoms with E-state index in [1.807, 2.05) is 31.4 Å². The van der Waals surface area contributed by atoms with E-state index < -0.39 is 0 Å². The Labute approximate surface area is 137 Å². The predicted molar refractivity (Wildman–Crippen MR) is 88.2 cm³/mol. The molecular weight excluding hydrogens is 318 g/mol. The Morgan fingerprint density at radius 1 is 1.45 bits per heavy atom. The number of aryl methyl sites for hydroxylation is 2. The van der Waals surface area contributed by atoms with Crippen molar-refractivity contribution in [1.29, 1.82) is 0 Å². The number of nitrogens with one attached hydrogen (secondary N) is 1. The van der Waals surface area contributed by atoms with E-state index in [9.17, 15) is 9.59 Å². The number of hydrogen-bond donors (Lipinski definition) is 1. The molecule has 1 N–H and O–H groups in total. The van der Waals surface area contributed by atoms with Gasteiger partial charge in [0.1, 0.15) is 0 Å². The number of thiophene rings is 1. The maximum absolute atomic E-state index is 12.6. The van der Waals surface area contributed by atoms with Crippen LogP contribution in [-0.4, -0.2) is 28.7 Å². The molecule has 0 unspecified atom stereocenters. The van der Waals surface area contributed by atoms with Crippen LogP contribution in [0.5, 0.6) is 0 Å². The van der Waals surface area contributed by atoms with Gasteiger partial charge in [0.05, 0.1) is 17.7 Å². The van der Waals surface area contributed by atoms with Gasteiger partial charge >= 0.3 is 0 Å². The lowest BCUT2D eigenvalue weighted by molar-refractivity contribution is -0.127. The number of carbonyl (C=O) groups excluding carboxylic acids is 2. The molecule has 0 aliphatic carbocycles. The topological polar surface area (TPSA) is 62.3 Å². The average Bonchev–Trinajstić information content (AvgIpc) is 3.14. The molecule has 2 atom stereocenters. The molecule has 2 aromatic heterocycles. The molecule has 1 aliphatic rings. The van der Waals surface area contributed by atoms with E-state index in [1.54, 1.807) is 23.3 Å². The molecule has 3 rings (SSSR count). The van der Waals surface area contributed by atoms with E-state index >= 15 is 0 Å². The van der Waals surface area contributed by atoms with Crippen LogP contribution in [0.1, 0.15) is 27.9 Å². The minimum Gasteiger partial charge on any atom is -0.337 e. The van der Waals surface area contributed by atoms with Crippen LogP contribution >= 0.6 is 22.7 Å². The van der Waals surface area contributed by atoms with Crippen molar-refractivity contribution in [2.45, 2.75) is 26.3 Å². The fraction of sp³-hybridized carbons (Fsp3) is 0.400. The molecule has 0 bridgehead atoms. The largest absolute Gasteiger partial charge is 0.337 e. The molecule has 1 fully saturated rings. The van der Waals surface area contributed by atoms with Gasteiger partial charge in [0.2, 0.25) is 11.8 Å².